The third-order valence-corrected chi connectivity index (χ3v) is 6.53. The van der Waals surface area contributed by atoms with Gasteiger partial charge in [0.15, 0.2) is 10.9 Å². The van der Waals surface area contributed by atoms with Gasteiger partial charge in [-0.25, -0.2) is 0 Å². The molecule has 0 fully saturated rings. The molecule has 5 rings (SSSR count). The Morgan fingerprint density at radius 1 is 1.09 bits per heavy atom. The number of fused-ring (bicyclic) bond motifs is 2. The van der Waals surface area contributed by atoms with E-state index in [4.69, 9.17) is 17.0 Å². The van der Waals surface area contributed by atoms with Crippen LogP contribution in [0.4, 0.5) is 0 Å². The molecule has 5 aromatic rings. The predicted octanol–water partition coefficient (Wildman–Crippen LogP) is 4.13. The molecule has 170 valence electrons. The van der Waals surface area contributed by atoms with Gasteiger partial charge >= 0.3 is 0 Å². The molecule has 0 spiro atoms. The minimum Gasteiger partial charge on any atom is -0.496 e. The molecule has 0 aliphatic rings. The van der Waals surface area contributed by atoms with Crippen molar-refractivity contribution in [3.63, 3.8) is 0 Å². The number of methoxy groups -OCH3 is 1. The number of nitrogens with zero attached hydrogens (tertiary/aromatic N) is 4. The summed E-state index contributed by atoms with van der Waals surface area (Å²) in [5.41, 5.74) is 2.44. The molecule has 0 radical (unpaired) electrons. The number of rotatable bonds is 5. The molecule has 0 saturated heterocycles. The third kappa shape index (κ3) is 4.33. The largest absolute Gasteiger partial charge is 0.496 e. The van der Waals surface area contributed by atoms with E-state index in [9.17, 15) is 4.79 Å². The third-order valence-electron chi connectivity index (χ3n) is 5.34. The minimum atomic E-state index is -0.325. The summed E-state index contributed by atoms with van der Waals surface area (Å²) in [7, 11) is 1.54. The minimum absolute atomic E-state index is 0.244. The fourth-order valence-corrected chi connectivity index (χ4v) is 4.61. The van der Waals surface area contributed by atoms with Gasteiger partial charge in [0, 0.05) is 12.1 Å². The average Bonchev–Trinajstić information content (AvgIpc) is 3.44. The van der Waals surface area contributed by atoms with E-state index in [2.05, 4.69) is 25.9 Å². The Kier molecular flexibility index (Phi) is 5.91. The first-order valence-corrected chi connectivity index (χ1v) is 11.7. The van der Waals surface area contributed by atoms with Gasteiger partial charge in [-0.1, -0.05) is 59.9 Å². The number of hydrogen-bond donors (Lipinski definition) is 2. The molecule has 0 atom stereocenters. The topological polar surface area (TPSA) is 93.4 Å². The average molecular weight is 489 g/mol. The highest BCUT2D eigenvalue weighted by molar-refractivity contribution is 7.80. The molecule has 0 aliphatic heterocycles. The molecule has 34 heavy (non-hydrogen) atoms. The van der Waals surface area contributed by atoms with Crippen LogP contribution in [-0.4, -0.2) is 37.9 Å². The van der Waals surface area contributed by atoms with Crippen LogP contribution in [0.2, 0.25) is 0 Å². The standard InChI is InChI=1S/C24H20N6O2S2/c1-14-27-28-24-30(14)29-22(34-24)16-9-7-15(8-10-16)13-25-23(33)26-21(31)19-11-17-5-3-4-6-18(17)12-20(19)32-2/h3-12H,13H2,1-2H3,(H2,25,26,31,33). The molecule has 1 amide bonds. The number of aromatic nitrogens is 4. The van der Waals surface area contributed by atoms with Crippen molar-refractivity contribution in [2.45, 2.75) is 13.5 Å². The van der Waals surface area contributed by atoms with Gasteiger partial charge < -0.3 is 10.1 Å². The number of nitrogens with one attached hydrogen (secondary N) is 2. The second-order valence-electron chi connectivity index (χ2n) is 7.58. The molecule has 8 nitrogen and oxygen atoms in total. The first-order chi connectivity index (χ1) is 16.5. The number of hydrogen-bond acceptors (Lipinski definition) is 7. The number of benzene rings is 3. The summed E-state index contributed by atoms with van der Waals surface area (Å²) < 4.78 is 7.15. The maximum Gasteiger partial charge on any atom is 0.261 e. The molecule has 2 aromatic heterocycles. The van der Waals surface area contributed by atoms with Crippen molar-refractivity contribution < 1.29 is 9.53 Å². The molecule has 2 N–H and O–H groups in total. The van der Waals surface area contributed by atoms with Gasteiger partial charge in [-0.05, 0) is 47.6 Å². The molecular formula is C24H20N6O2S2. The van der Waals surface area contributed by atoms with Crippen LogP contribution >= 0.6 is 23.6 Å². The van der Waals surface area contributed by atoms with E-state index >= 15 is 0 Å². The Bertz CT molecular complexity index is 1520. The lowest BCUT2D eigenvalue weighted by Crippen LogP contribution is -2.39. The number of carbonyl (C=O) groups is 1. The quantitative estimate of drug-likeness (QED) is 0.359. The number of carbonyl (C=O) groups excluding carboxylic acids is 1. The molecule has 0 aliphatic carbocycles. The van der Waals surface area contributed by atoms with Crippen LogP contribution in [0.3, 0.4) is 0 Å². The zero-order chi connectivity index (χ0) is 23.7. The van der Waals surface area contributed by atoms with Crippen LogP contribution < -0.4 is 15.4 Å². The van der Waals surface area contributed by atoms with Crippen molar-refractivity contribution in [1.82, 2.24) is 30.4 Å². The molecule has 2 heterocycles. The van der Waals surface area contributed by atoms with E-state index in [0.29, 0.717) is 17.9 Å². The second kappa shape index (κ2) is 9.16. The van der Waals surface area contributed by atoms with E-state index in [1.54, 1.807) is 17.7 Å². The van der Waals surface area contributed by atoms with Gasteiger partial charge in [0.25, 0.3) is 5.91 Å². The van der Waals surface area contributed by atoms with Crippen molar-refractivity contribution in [2.75, 3.05) is 7.11 Å². The Balaban J connectivity index is 1.22. The SMILES string of the molecule is COc1cc2ccccc2cc1C(=O)NC(=S)NCc1ccc(-c2nn3c(C)nnc3s2)cc1. The van der Waals surface area contributed by atoms with E-state index in [0.717, 1.165) is 37.7 Å². The molecule has 0 saturated carbocycles. The zero-order valence-electron chi connectivity index (χ0n) is 18.4. The number of thiocarbonyl (C=S) groups is 1. The van der Waals surface area contributed by atoms with Crippen LogP contribution in [0.1, 0.15) is 21.7 Å². The van der Waals surface area contributed by atoms with Gasteiger partial charge in [0.1, 0.15) is 10.8 Å². The number of aryl methyl sites for hydroxylation is 1. The van der Waals surface area contributed by atoms with Crippen molar-refractivity contribution in [2.24, 2.45) is 0 Å². The maximum atomic E-state index is 12.8. The van der Waals surface area contributed by atoms with Crippen molar-refractivity contribution in [3.8, 4) is 16.3 Å². The summed E-state index contributed by atoms with van der Waals surface area (Å²) in [6.45, 7) is 2.34. The van der Waals surface area contributed by atoms with Gasteiger partial charge in [0.05, 0.1) is 12.7 Å². The normalized spacial score (nSPS) is 11.0. The summed E-state index contributed by atoms with van der Waals surface area (Å²) in [6, 6.07) is 19.4. The summed E-state index contributed by atoms with van der Waals surface area (Å²) in [5, 5.41) is 21.6. The van der Waals surface area contributed by atoms with E-state index in [-0.39, 0.29) is 11.0 Å². The van der Waals surface area contributed by atoms with Crippen molar-refractivity contribution in [3.05, 3.63) is 77.6 Å². The van der Waals surface area contributed by atoms with Gasteiger partial charge in [-0.15, -0.1) is 10.2 Å². The Morgan fingerprint density at radius 3 is 2.53 bits per heavy atom. The maximum absolute atomic E-state index is 12.8. The van der Waals surface area contributed by atoms with E-state index < -0.39 is 0 Å². The van der Waals surface area contributed by atoms with E-state index in [1.807, 2.05) is 61.5 Å². The Labute approximate surface area is 204 Å². The monoisotopic (exact) mass is 488 g/mol. The fourth-order valence-electron chi connectivity index (χ4n) is 3.56. The first kappa shape index (κ1) is 21.9. The molecular weight excluding hydrogens is 468 g/mol. The van der Waals surface area contributed by atoms with Crippen LogP contribution in [0, 0.1) is 6.92 Å². The molecule has 10 heteroatoms. The lowest BCUT2D eigenvalue weighted by atomic mass is 10.1. The number of ether oxygens (including phenoxy) is 1. The van der Waals surface area contributed by atoms with Crippen molar-refractivity contribution in [1.29, 1.82) is 0 Å². The van der Waals surface area contributed by atoms with Gasteiger partial charge in [0.2, 0.25) is 4.96 Å². The second-order valence-corrected chi connectivity index (χ2v) is 8.95. The summed E-state index contributed by atoms with van der Waals surface area (Å²) >= 11 is 6.83. The number of amides is 1. The summed E-state index contributed by atoms with van der Waals surface area (Å²) in [4.78, 5) is 13.6. The van der Waals surface area contributed by atoms with Crippen LogP contribution in [0.5, 0.6) is 5.75 Å². The molecule has 0 unspecified atom stereocenters. The lowest BCUT2D eigenvalue weighted by molar-refractivity contribution is 0.0974. The summed E-state index contributed by atoms with van der Waals surface area (Å²) in [5.74, 6) is 0.930. The highest BCUT2D eigenvalue weighted by Crippen LogP contribution is 2.27. The zero-order valence-corrected chi connectivity index (χ0v) is 20.0. The van der Waals surface area contributed by atoms with Gasteiger partial charge in [-0.2, -0.15) is 9.61 Å². The van der Waals surface area contributed by atoms with Crippen LogP contribution in [0.25, 0.3) is 26.3 Å². The van der Waals surface area contributed by atoms with Crippen molar-refractivity contribution >= 4 is 50.3 Å². The van der Waals surface area contributed by atoms with Gasteiger partial charge in [-0.3, -0.25) is 10.1 Å². The highest BCUT2D eigenvalue weighted by atomic mass is 32.1. The summed E-state index contributed by atoms with van der Waals surface area (Å²) in [6.07, 6.45) is 0. The predicted molar refractivity (Wildman–Crippen MR) is 136 cm³/mol. The van der Waals surface area contributed by atoms with Crippen LogP contribution in [-0.2, 0) is 6.54 Å². The highest BCUT2D eigenvalue weighted by Gasteiger charge is 2.15. The fraction of sp³-hybridized carbons (Fsp3) is 0.125. The Hall–Kier alpha value is -3.89. The molecule has 3 aromatic carbocycles. The van der Waals surface area contributed by atoms with Crippen LogP contribution in [0.15, 0.2) is 60.7 Å². The first-order valence-electron chi connectivity index (χ1n) is 10.5. The lowest BCUT2D eigenvalue weighted by Gasteiger charge is -2.13. The Morgan fingerprint density at radius 2 is 1.82 bits per heavy atom. The van der Waals surface area contributed by atoms with E-state index in [1.165, 1.54) is 11.3 Å². The smallest absolute Gasteiger partial charge is 0.261 e. The molecule has 0 bridgehead atoms.